The first kappa shape index (κ1) is 16.4. The molecule has 0 saturated heterocycles. The molecular formula is C20H25N3O. The Kier molecular flexibility index (Phi) is 5.04. The highest BCUT2D eigenvalue weighted by atomic mass is 16.5. The van der Waals surface area contributed by atoms with E-state index in [0.29, 0.717) is 5.96 Å². The molecule has 4 nitrogen and oxygen atoms in total. The molecule has 2 aromatic rings. The van der Waals surface area contributed by atoms with Gasteiger partial charge in [0.25, 0.3) is 0 Å². The number of nitrogens with one attached hydrogen (secondary N) is 1. The van der Waals surface area contributed by atoms with Crippen molar-refractivity contribution in [3.8, 4) is 5.75 Å². The van der Waals surface area contributed by atoms with Crippen LogP contribution in [0.25, 0.3) is 0 Å². The Morgan fingerprint density at radius 2 is 1.83 bits per heavy atom. The van der Waals surface area contributed by atoms with Crippen molar-refractivity contribution in [2.45, 2.75) is 24.7 Å². The Balaban J connectivity index is 1.46. The highest BCUT2D eigenvalue weighted by molar-refractivity contribution is 5.77. The van der Waals surface area contributed by atoms with Crippen molar-refractivity contribution in [2.75, 3.05) is 20.2 Å². The SMILES string of the molecule is COc1ccc(CCNC(N)=NCC2(c3ccccc3)CC2)cc1. The lowest BCUT2D eigenvalue weighted by Crippen LogP contribution is -2.34. The van der Waals surface area contributed by atoms with Crippen molar-refractivity contribution in [2.24, 2.45) is 10.7 Å². The quantitative estimate of drug-likeness (QED) is 0.608. The number of aliphatic imine (C=N–C) groups is 1. The molecule has 2 aromatic carbocycles. The predicted molar refractivity (Wildman–Crippen MR) is 98.5 cm³/mol. The van der Waals surface area contributed by atoms with E-state index in [0.717, 1.165) is 25.3 Å². The molecular weight excluding hydrogens is 298 g/mol. The van der Waals surface area contributed by atoms with Gasteiger partial charge in [-0.1, -0.05) is 42.5 Å². The second kappa shape index (κ2) is 7.39. The summed E-state index contributed by atoms with van der Waals surface area (Å²) in [5.41, 5.74) is 8.85. The Labute approximate surface area is 143 Å². The van der Waals surface area contributed by atoms with Gasteiger partial charge in [-0.3, -0.25) is 4.99 Å². The topological polar surface area (TPSA) is 59.6 Å². The van der Waals surface area contributed by atoms with Gasteiger partial charge in [-0.25, -0.2) is 0 Å². The Hall–Kier alpha value is -2.49. The average Bonchev–Trinajstić information content (AvgIpc) is 3.43. The molecule has 1 saturated carbocycles. The number of rotatable bonds is 7. The van der Waals surface area contributed by atoms with Gasteiger partial charge < -0.3 is 15.8 Å². The van der Waals surface area contributed by atoms with E-state index in [1.807, 2.05) is 12.1 Å². The van der Waals surface area contributed by atoms with Gasteiger partial charge in [0.2, 0.25) is 0 Å². The first-order valence-corrected chi connectivity index (χ1v) is 8.44. The summed E-state index contributed by atoms with van der Waals surface area (Å²) >= 11 is 0. The molecule has 0 aromatic heterocycles. The third-order valence-electron chi connectivity index (χ3n) is 4.67. The first-order chi connectivity index (χ1) is 11.7. The highest BCUT2D eigenvalue weighted by Crippen LogP contribution is 2.48. The van der Waals surface area contributed by atoms with Crippen molar-refractivity contribution >= 4 is 5.96 Å². The largest absolute Gasteiger partial charge is 0.497 e. The monoisotopic (exact) mass is 323 g/mol. The number of ether oxygens (including phenoxy) is 1. The molecule has 3 N–H and O–H groups in total. The summed E-state index contributed by atoms with van der Waals surface area (Å²) in [5.74, 6) is 1.41. The van der Waals surface area contributed by atoms with Gasteiger partial charge in [0, 0.05) is 12.0 Å². The smallest absolute Gasteiger partial charge is 0.188 e. The molecule has 0 bridgehead atoms. The Morgan fingerprint density at radius 1 is 1.12 bits per heavy atom. The minimum Gasteiger partial charge on any atom is -0.497 e. The Bertz CT molecular complexity index is 676. The van der Waals surface area contributed by atoms with Crippen LogP contribution in [0.4, 0.5) is 0 Å². The molecule has 3 rings (SSSR count). The molecule has 1 aliphatic rings. The summed E-state index contributed by atoms with van der Waals surface area (Å²) < 4.78 is 5.16. The van der Waals surface area contributed by atoms with E-state index in [2.05, 4.69) is 52.8 Å². The zero-order chi connectivity index (χ0) is 16.8. The Morgan fingerprint density at radius 3 is 2.46 bits per heavy atom. The van der Waals surface area contributed by atoms with Gasteiger partial charge in [-0.05, 0) is 42.5 Å². The predicted octanol–water partition coefficient (Wildman–Crippen LogP) is 2.87. The maximum absolute atomic E-state index is 6.02. The summed E-state index contributed by atoms with van der Waals surface area (Å²) in [5, 5.41) is 3.21. The van der Waals surface area contributed by atoms with Crippen molar-refractivity contribution in [3.05, 3.63) is 65.7 Å². The molecule has 0 amide bonds. The minimum atomic E-state index is 0.212. The fraction of sp³-hybridized carbons (Fsp3) is 0.350. The zero-order valence-corrected chi connectivity index (χ0v) is 14.2. The van der Waals surface area contributed by atoms with Crippen LogP contribution in [0.2, 0.25) is 0 Å². The van der Waals surface area contributed by atoms with Crippen molar-refractivity contribution < 1.29 is 4.74 Å². The molecule has 0 atom stereocenters. The molecule has 1 fully saturated rings. The lowest BCUT2D eigenvalue weighted by Gasteiger charge is -2.13. The van der Waals surface area contributed by atoms with E-state index >= 15 is 0 Å². The molecule has 1 aliphatic carbocycles. The van der Waals surface area contributed by atoms with Gasteiger partial charge in [-0.15, -0.1) is 0 Å². The van der Waals surface area contributed by atoms with Crippen LogP contribution in [0.5, 0.6) is 5.75 Å². The van der Waals surface area contributed by atoms with Crippen LogP contribution in [-0.2, 0) is 11.8 Å². The maximum Gasteiger partial charge on any atom is 0.188 e. The molecule has 0 aliphatic heterocycles. The lowest BCUT2D eigenvalue weighted by molar-refractivity contribution is 0.414. The number of nitrogens with zero attached hydrogens (tertiary/aromatic N) is 1. The summed E-state index contributed by atoms with van der Waals surface area (Å²) in [6.07, 6.45) is 3.29. The van der Waals surface area contributed by atoms with Crippen molar-refractivity contribution in [1.29, 1.82) is 0 Å². The van der Waals surface area contributed by atoms with Gasteiger partial charge >= 0.3 is 0 Å². The van der Waals surface area contributed by atoms with Gasteiger partial charge in [0.1, 0.15) is 5.75 Å². The second-order valence-electron chi connectivity index (χ2n) is 6.37. The maximum atomic E-state index is 6.02. The van der Waals surface area contributed by atoms with E-state index in [9.17, 15) is 0 Å². The fourth-order valence-corrected chi connectivity index (χ4v) is 2.90. The highest BCUT2D eigenvalue weighted by Gasteiger charge is 2.43. The van der Waals surface area contributed by atoms with E-state index < -0.39 is 0 Å². The van der Waals surface area contributed by atoms with E-state index in [4.69, 9.17) is 10.5 Å². The first-order valence-electron chi connectivity index (χ1n) is 8.44. The zero-order valence-electron chi connectivity index (χ0n) is 14.2. The van der Waals surface area contributed by atoms with Crippen molar-refractivity contribution in [1.82, 2.24) is 5.32 Å². The van der Waals surface area contributed by atoms with E-state index in [-0.39, 0.29) is 5.41 Å². The molecule has 0 radical (unpaired) electrons. The number of methoxy groups -OCH3 is 1. The van der Waals surface area contributed by atoms with Crippen LogP contribution in [0.3, 0.4) is 0 Å². The molecule has 4 heteroatoms. The summed E-state index contributed by atoms with van der Waals surface area (Å²) in [6.45, 7) is 1.54. The molecule has 24 heavy (non-hydrogen) atoms. The van der Waals surface area contributed by atoms with Crippen LogP contribution >= 0.6 is 0 Å². The lowest BCUT2D eigenvalue weighted by atomic mass is 9.96. The standard InChI is InChI=1S/C20H25N3O/c1-24-18-9-7-16(8-10-18)11-14-22-19(21)23-15-20(12-13-20)17-5-3-2-4-6-17/h2-10H,11-15H2,1H3,(H3,21,22,23). The van der Waals surface area contributed by atoms with Crippen molar-refractivity contribution in [3.63, 3.8) is 0 Å². The van der Waals surface area contributed by atoms with Crippen LogP contribution in [-0.4, -0.2) is 26.2 Å². The fourth-order valence-electron chi connectivity index (χ4n) is 2.90. The van der Waals surface area contributed by atoms with Crippen LogP contribution in [0.15, 0.2) is 59.6 Å². The third-order valence-corrected chi connectivity index (χ3v) is 4.67. The van der Waals surface area contributed by atoms with Crippen LogP contribution in [0.1, 0.15) is 24.0 Å². The molecule has 0 unspecified atom stereocenters. The number of hydrogen-bond acceptors (Lipinski definition) is 2. The van der Waals surface area contributed by atoms with Gasteiger partial charge in [-0.2, -0.15) is 0 Å². The summed E-state index contributed by atoms with van der Waals surface area (Å²) in [7, 11) is 1.68. The molecule has 126 valence electrons. The minimum absolute atomic E-state index is 0.212. The normalized spacial score (nSPS) is 15.8. The number of nitrogens with two attached hydrogens (primary N) is 1. The van der Waals surface area contributed by atoms with Gasteiger partial charge in [0.15, 0.2) is 5.96 Å². The summed E-state index contributed by atoms with van der Waals surface area (Å²) in [4.78, 5) is 4.56. The molecule has 0 heterocycles. The average molecular weight is 323 g/mol. The molecule has 0 spiro atoms. The van der Waals surface area contributed by atoms with E-state index in [1.165, 1.54) is 24.0 Å². The van der Waals surface area contributed by atoms with Crippen LogP contribution in [0, 0.1) is 0 Å². The second-order valence-corrected chi connectivity index (χ2v) is 6.37. The summed E-state index contributed by atoms with van der Waals surface area (Å²) in [6, 6.07) is 18.7. The van der Waals surface area contributed by atoms with Crippen LogP contribution < -0.4 is 15.8 Å². The van der Waals surface area contributed by atoms with E-state index in [1.54, 1.807) is 7.11 Å². The third kappa shape index (κ3) is 4.07. The number of hydrogen-bond donors (Lipinski definition) is 2. The van der Waals surface area contributed by atoms with Gasteiger partial charge in [0.05, 0.1) is 13.7 Å². The number of guanidine groups is 1. The number of benzene rings is 2.